The van der Waals surface area contributed by atoms with Gasteiger partial charge in [-0.15, -0.1) is 0 Å². The van der Waals surface area contributed by atoms with Gasteiger partial charge in [-0.25, -0.2) is 15.0 Å². The molecule has 1 N–H and O–H groups in total. The highest BCUT2D eigenvalue weighted by Crippen LogP contribution is 2.26. The van der Waals surface area contributed by atoms with Crippen molar-refractivity contribution in [3.8, 4) is 0 Å². The average Bonchev–Trinajstić information content (AvgIpc) is 3.24. The number of H-pyrrole nitrogens is 1. The van der Waals surface area contributed by atoms with Crippen LogP contribution in [0.25, 0.3) is 0 Å². The van der Waals surface area contributed by atoms with Crippen molar-refractivity contribution in [2.75, 3.05) is 13.1 Å². The Kier molecular flexibility index (Phi) is 5.56. The minimum Gasteiger partial charge on any atom is -0.299 e. The molecule has 3 aromatic rings. The first kappa shape index (κ1) is 17.2. The van der Waals surface area contributed by atoms with Crippen molar-refractivity contribution in [3.63, 3.8) is 0 Å². The van der Waals surface area contributed by atoms with Crippen LogP contribution in [0.3, 0.4) is 0 Å². The molecule has 4 rings (SSSR count). The Morgan fingerprint density at radius 3 is 2.46 bits per heavy atom. The maximum atomic E-state index is 4.52. The Hall–Kier alpha value is -2.25. The second kappa shape index (κ2) is 8.42. The molecule has 0 aliphatic carbocycles. The van der Waals surface area contributed by atoms with Gasteiger partial charge in [0.25, 0.3) is 0 Å². The molecule has 6 nitrogen and oxygen atoms in total. The quantitative estimate of drug-likeness (QED) is 0.533. The van der Waals surface area contributed by atoms with Gasteiger partial charge in [-0.2, -0.15) is 5.10 Å². The van der Waals surface area contributed by atoms with Crippen molar-refractivity contribution in [3.05, 3.63) is 66.0 Å². The summed E-state index contributed by atoms with van der Waals surface area (Å²) in [5.74, 6) is 2.42. The summed E-state index contributed by atoms with van der Waals surface area (Å²) in [5, 5.41) is 7.79. The smallest absolute Gasteiger partial charge is 0.187 e. The van der Waals surface area contributed by atoms with Gasteiger partial charge in [0, 0.05) is 36.2 Å². The van der Waals surface area contributed by atoms with E-state index >= 15 is 0 Å². The third-order valence-corrected chi connectivity index (χ3v) is 5.65. The number of hydrogen-bond acceptors (Lipinski definition) is 6. The zero-order valence-electron chi connectivity index (χ0n) is 14.6. The van der Waals surface area contributed by atoms with Crippen molar-refractivity contribution in [2.45, 2.75) is 36.2 Å². The molecule has 7 heteroatoms. The van der Waals surface area contributed by atoms with Crippen LogP contribution < -0.4 is 0 Å². The molecule has 0 amide bonds. The topological polar surface area (TPSA) is 70.6 Å². The maximum Gasteiger partial charge on any atom is 0.187 e. The molecule has 1 aromatic carbocycles. The second-order valence-corrected chi connectivity index (χ2v) is 7.51. The molecule has 1 aliphatic rings. The van der Waals surface area contributed by atoms with E-state index in [4.69, 9.17) is 0 Å². The number of piperidine rings is 1. The van der Waals surface area contributed by atoms with Crippen LogP contribution in [0.15, 0.2) is 54.2 Å². The van der Waals surface area contributed by atoms with Gasteiger partial charge in [0.05, 0.1) is 0 Å². The molecule has 0 radical (unpaired) electrons. The molecule has 1 saturated heterocycles. The van der Waals surface area contributed by atoms with Gasteiger partial charge in [-0.05, 0) is 31.5 Å². The molecule has 0 atom stereocenters. The van der Waals surface area contributed by atoms with E-state index in [-0.39, 0.29) is 0 Å². The minimum absolute atomic E-state index is 0.502. The summed E-state index contributed by atoms with van der Waals surface area (Å²) >= 11 is 1.67. The molecule has 26 heavy (non-hydrogen) atoms. The fourth-order valence-corrected chi connectivity index (χ4v) is 4.00. The van der Waals surface area contributed by atoms with E-state index in [2.05, 4.69) is 54.3 Å². The van der Waals surface area contributed by atoms with Crippen LogP contribution in [-0.2, 0) is 12.3 Å². The normalized spacial score (nSPS) is 16.0. The van der Waals surface area contributed by atoms with E-state index in [1.165, 1.54) is 11.1 Å². The van der Waals surface area contributed by atoms with Crippen molar-refractivity contribution < 1.29 is 0 Å². The highest BCUT2D eigenvalue weighted by molar-refractivity contribution is 7.98. The van der Waals surface area contributed by atoms with Gasteiger partial charge < -0.3 is 0 Å². The Morgan fingerprint density at radius 1 is 1.00 bits per heavy atom. The average molecular weight is 366 g/mol. The highest BCUT2D eigenvalue weighted by atomic mass is 32.2. The summed E-state index contributed by atoms with van der Waals surface area (Å²) < 4.78 is 0. The first-order valence-corrected chi connectivity index (χ1v) is 9.90. The number of aromatic nitrogens is 5. The molecule has 2 aromatic heterocycles. The Balaban J connectivity index is 1.25. The first-order valence-electron chi connectivity index (χ1n) is 8.92. The lowest BCUT2D eigenvalue weighted by Gasteiger charge is -2.30. The Bertz CT molecular complexity index is 783. The highest BCUT2D eigenvalue weighted by Gasteiger charge is 2.22. The molecule has 3 heterocycles. The summed E-state index contributed by atoms with van der Waals surface area (Å²) in [6.45, 7) is 3.04. The zero-order valence-corrected chi connectivity index (χ0v) is 15.4. The molecule has 0 unspecified atom stereocenters. The van der Waals surface area contributed by atoms with E-state index < -0.39 is 0 Å². The van der Waals surface area contributed by atoms with E-state index in [0.717, 1.165) is 49.2 Å². The number of aromatic amines is 1. The SMILES string of the molecule is c1ccc(CSc2ncc(CN3CCC(c4ncn[nH]4)CC3)cn2)cc1. The predicted molar refractivity (Wildman–Crippen MR) is 102 cm³/mol. The van der Waals surface area contributed by atoms with Gasteiger partial charge in [0.1, 0.15) is 12.2 Å². The summed E-state index contributed by atoms with van der Waals surface area (Å²) in [6, 6.07) is 10.4. The monoisotopic (exact) mass is 366 g/mol. The van der Waals surface area contributed by atoms with Crippen molar-refractivity contribution in [1.82, 2.24) is 30.0 Å². The van der Waals surface area contributed by atoms with E-state index in [1.54, 1.807) is 18.1 Å². The Labute approximate surface area is 157 Å². The summed E-state index contributed by atoms with van der Waals surface area (Å²) in [4.78, 5) is 15.8. The van der Waals surface area contributed by atoms with Crippen LogP contribution in [0.1, 0.15) is 35.7 Å². The van der Waals surface area contributed by atoms with Crippen LogP contribution in [0.4, 0.5) is 0 Å². The van der Waals surface area contributed by atoms with Crippen LogP contribution >= 0.6 is 11.8 Å². The van der Waals surface area contributed by atoms with Crippen LogP contribution in [-0.4, -0.2) is 43.1 Å². The third kappa shape index (κ3) is 4.47. The number of likely N-dealkylation sites (tertiary alicyclic amines) is 1. The third-order valence-electron chi connectivity index (χ3n) is 4.71. The first-order chi connectivity index (χ1) is 12.9. The largest absolute Gasteiger partial charge is 0.299 e. The maximum absolute atomic E-state index is 4.52. The van der Waals surface area contributed by atoms with E-state index in [1.807, 2.05) is 18.5 Å². The van der Waals surface area contributed by atoms with Gasteiger partial charge in [-0.3, -0.25) is 10.00 Å². The van der Waals surface area contributed by atoms with Crippen LogP contribution in [0, 0.1) is 0 Å². The summed E-state index contributed by atoms with van der Waals surface area (Å²) in [7, 11) is 0. The fourth-order valence-electron chi connectivity index (χ4n) is 3.26. The number of hydrogen-bond donors (Lipinski definition) is 1. The van der Waals surface area contributed by atoms with Gasteiger partial charge in [-0.1, -0.05) is 42.1 Å². The van der Waals surface area contributed by atoms with E-state index in [9.17, 15) is 0 Å². The van der Waals surface area contributed by atoms with Crippen LogP contribution in [0.2, 0.25) is 0 Å². The molecule has 1 fully saturated rings. The van der Waals surface area contributed by atoms with Crippen molar-refractivity contribution in [2.24, 2.45) is 0 Å². The summed E-state index contributed by atoms with van der Waals surface area (Å²) in [6.07, 6.45) is 7.74. The molecule has 1 aliphatic heterocycles. The Morgan fingerprint density at radius 2 is 1.77 bits per heavy atom. The minimum atomic E-state index is 0.502. The molecular weight excluding hydrogens is 344 g/mol. The number of nitrogens with one attached hydrogen (secondary N) is 1. The van der Waals surface area contributed by atoms with Gasteiger partial charge in [0.2, 0.25) is 0 Å². The number of thioether (sulfide) groups is 1. The van der Waals surface area contributed by atoms with Crippen molar-refractivity contribution >= 4 is 11.8 Å². The number of rotatable bonds is 6. The summed E-state index contributed by atoms with van der Waals surface area (Å²) in [5.41, 5.74) is 2.46. The number of benzene rings is 1. The lowest BCUT2D eigenvalue weighted by Crippen LogP contribution is -2.32. The zero-order chi connectivity index (χ0) is 17.6. The van der Waals surface area contributed by atoms with Gasteiger partial charge in [0.15, 0.2) is 5.16 Å². The standard InChI is InChI=1S/C19H22N6S/c1-2-4-15(5-3-1)13-26-19-20-10-16(11-21-19)12-25-8-6-17(7-9-25)18-22-14-23-24-18/h1-5,10-11,14,17H,6-9,12-13H2,(H,22,23,24). The second-order valence-electron chi connectivity index (χ2n) is 6.57. The molecule has 0 bridgehead atoms. The van der Waals surface area contributed by atoms with Crippen molar-refractivity contribution in [1.29, 1.82) is 0 Å². The van der Waals surface area contributed by atoms with E-state index in [0.29, 0.717) is 5.92 Å². The number of nitrogens with zero attached hydrogens (tertiary/aromatic N) is 5. The molecular formula is C19H22N6S. The molecule has 134 valence electrons. The fraction of sp³-hybridized carbons (Fsp3) is 0.368. The lowest BCUT2D eigenvalue weighted by atomic mass is 9.96. The van der Waals surface area contributed by atoms with Crippen LogP contribution in [0.5, 0.6) is 0 Å². The van der Waals surface area contributed by atoms with Gasteiger partial charge >= 0.3 is 0 Å². The molecule has 0 saturated carbocycles. The predicted octanol–water partition coefficient (Wildman–Crippen LogP) is 3.27. The lowest BCUT2D eigenvalue weighted by molar-refractivity contribution is 0.201. The molecule has 0 spiro atoms.